The van der Waals surface area contributed by atoms with Crippen molar-refractivity contribution in [1.29, 1.82) is 0 Å². The maximum Gasteiger partial charge on any atom is 0.0231 e. The summed E-state index contributed by atoms with van der Waals surface area (Å²) in [6.45, 7) is 0. The number of hydrogen-bond donors (Lipinski definition) is 0. The largest absolute Gasteiger partial charge is 0.0842 e. The van der Waals surface area contributed by atoms with Crippen LogP contribution in [0.3, 0.4) is 0 Å². The van der Waals surface area contributed by atoms with Gasteiger partial charge >= 0.3 is 0 Å². The van der Waals surface area contributed by atoms with Gasteiger partial charge in [0.05, 0.1) is 0 Å². The topological polar surface area (TPSA) is 0 Å². The van der Waals surface area contributed by atoms with Crippen LogP contribution in [0.5, 0.6) is 0 Å². The second kappa shape index (κ2) is 7.08. The summed E-state index contributed by atoms with van der Waals surface area (Å²) in [4.78, 5) is 0. The van der Waals surface area contributed by atoms with Crippen LogP contribution in [0.15, 0.2) is 90.6 Å². The van der Waals surface area contributed by atoms with Crippen molar-refractivity contribution in [3.63, 3.8) is 0 Å². The molecule has 106 valence electrons. The summed E-state index contributed by atoms with van der Waals surface area (Å²) >= 11 is 0. The molecule has 0 heterocycles. The number of hydrogen-bond acceptors (Lipinski definition) is 0. The first-order chi connectivity index (χ1) is 10.4. The quantitative estimate of drug-likeness (QED) is 0.615. The molecule has 1 aromatic rings. The molecule has 0 nitrogen and oxygen atoms in total. The van der Waals surface area contributed by atoms with Gasteiger partial charge < -0.3 is 0 Å². The Labute approximate surface area is 127 Å². The number of allylic oxidation sites excluding steroid dienone is 10. The molecule has 0 heteroatoms. The summed E-state index contributed by atoms with van der Waals surface area (Å²) in [5.74, 6) is 0.955. The average molecular weight is 274 g/mol. The van der Waals surface area contributed by atoms with Crippen molar-refractivity contribution in [3.8, 4) is 0 Å². The SMILES string of the molecule is C1=CCCC(C(/C=C/C2C=CC=CC2)c2ccccc2)=C1. The molecule has 0 saturated heterocycles. The Morgan fingerprint density at radius 2 is 1.90 bits per heavy atom. The van der Waals surface area contributed by atoms with E-state index >= 15 is 0 Å². The van der Waals surface area contributed by atoms with E-state index in [-0.39, 0.29) is 0 Å². The Kier molecular flexibility index (Phi) is 4.68. The molecule has 2 aliphatic rings. The van der Waals surface area contributed by atoms with E-state index < -0.39 is 0 Å². The van der Waals surface area contributed by atoms with Gasteiger partial charge in [-0.1, -0.05) is 90.6 Å². The molecule has 2 aliphatic carbocycles. The first-order valence-corrected chi connectivity index (χ1v) is 7.86. The standard InChI is InChI=1S/C21H22/c1-4-10-18(11-5-1)16-17-21(19-12-6-2-7-13-19)20-14-8-3-9-15-20/h1-8,10,12-14,16-18,21H,9,11,15H2/b17-16+. The molecule has 2 unspecified atom stereocenters. The Morgan fingerprint density at radius 3 is 2.62 bits per heavy atom. The van der Waals surface area contributed by atoms with E-state index in [1.165, 1.54) is 17.6 Å². The highest BCUT2D eigenvalue weighted by Gasteiger charge is 2.14. The Morgan fingerprint density at radius 1 is 1.00 bits per heavy atom. The van der Waals surface area contributed by atoms with E-state index in [1.807, 2.05) is 0 Å². The van der Waals surface area contributed by atoms with E-state index in [9.17, 15) is 0 Å². The molecule has 1 aromatic carbocycles. The van der Waals surface area contributed by atoms with Gasteiger partial charge in [-0.15, -0.1) is 0 Å². The molecule has 0 spiro atoms. The van der Waals surface area contributed by atoms with Gasteiger partial charge in [0, 0.05) is 5.92 Å². The fourth-order valence-electron chi connectivity index (χ4n) is 2.99. The first kappa shape index (κ1) is 13.9. The minimum absolute atomic E-state index is 0.412. The summed E-state index contributed by atoms with van der Waals surface area (Å²) in [7, 11) is 0. The van der Waals surface area contributed by atoms with E-state index in [0.29, 0.717) is 11.8 Å². The van der Waals surface area contributed by atoms with Crippen molar-refractivity contribution in [3.05, 3.63) is 96.2 Å². The summed E-state index contributed by atoms with van der Waals surface area (Å²) in [5, 5.41) is 0. The smallest absolute Gasteiger partial charge is 0.0231 e. The lowest BCUT2D eigenvalue weighted by molar-refractivity contribution is 0.799. The molecule has 21 heavy (non-hydrogen) atoms. The zero-order valence-corrected chi connectivity index (χ0v) is 12.4. The third-order valence-corrected chi connectivity index (χ3v) is 4.17. The molecular formula is C21H22. The minimum Gasteiger partial charge on any atom is -0.0842 e. The van der Waals surface area contributed by atoms with Crippen molar-refractivity contribution >= 4 is 0 Å². The Bertz CT molecular complexity index is 596. The van der Waals surface area contributed by atoms with Crippen molar-refractivity contribution < 1.29 is 0 Å². The monoisotopic (exact) mass is 274 g/mol. The van der Waals surface area contributed by atoms with Gasteiger partial charge in [0.15, 0.2) is 0 Å². The van der Waals surface area contributed by atoms with Crippen molar-refractivity contribution in [2.24, 2.45) is 5.92 Å². The van der Waals surface area contributed by atoms with Crippen LogP contribution in [0.25, 0.3) is 0 Å². The van der Waals surface area contributed by atoms with Crippen LogP contribution in [0.1, 0.15) is 30.7 Å². The Balaban J connectivity index is 1.84. The molecule has 2 atom stereocenters. The third-order valence-electron chi connectivity index (χ3n) is 4.17. The van der Waals surface area contributed by atoms with Crippen LogP contribution in [0.2, 0.25) is 0 Å². The van der Waals surface area contributed by atoms with Gasteiger partial charge in [0.2, 0.25) is 0 Å². The van der Waals surface area contributed by atoms with Gasteiger partial charge in [-0.3, -0.25) is 0 Å². The van der Waals surface area contributed by atoms with E-state index in [4.69, 9.17) is 0 Å². The van der Waals surface area contributed by atoms with Gasteiger partial charge in [-0.05, 0) is 30.7 Å². The predicted molar refractivity (Wildman–Crippen MR) is 91.2 cm³/mol. The van der Waals surface area contributed by atoms with E-state index in [1.54, 1.807) is 0 Å². The van der Waals surface area contributed by atoms with Crippen LogP contribution >= 0.6 is 0 Å². The molecule has 0 radical (unpaired) electrons. The average Bonchev–Trinajstić information content (AvgIpc) is 2.58. The fraction of sp³-hybridized carbons (Fsp3) is 0.238. The third kappa shape index (κ3) is 3.72. The van der Waals surface area contributed by atoms with Crippen molar-refractivity contribution in [2.75, 3.05) is 0 Å². The lowest BCUT2D eigenvalue weighted by Crippen LogP contribution is -2.03. The van der Waals surface area contributed by atoms with E-state index in [0.717, 1.165) is 12.8 Å². The Hall–Kier alpha value is -2.08. The minimum atomic E-state index is 0.412. The second-order valence-corrected chi connectivity index (χ2v) is 5.69. The van der Waals surface area contributed by atoms with Gasteiger partial charge in [0.25, 0.3) is 0 Å². The summed E-state index contributed by atoms with van der Waals surface area (Å²) in [6, 6.07) is 10.8. The lowest BCUT2D eigenvalue weighted by atomic mass is 9.85. The molecular weight excluding hydrogens is 252 g/mol. The number of rotatable bonds is 4. The van der Waals surface area contributed by atoms with Crippen LogP contribution in [0.4, 0.5) is 0 Å². The summed E-state index contributed by atoms with van der Waals surface area (Å²) < 4.78 is 0. The number of benzene rings is 1. The predicted octanol–water partition coefficient (Wildman–Crippen LogP) is 5.74. The summed E-state index contributed by atoms with van der Waals surface area (Å²) in [5.41, 5.74) is 2.92. The maximum absolute atomic E-state index is 2.40. The normalized spacial score (nSPS) is 22.5. The molecule has 0 fully saturated rings. The maximum atomic E-state index is 2.40. The van der Waals surface area contributed by atoms with Crippen molar-refractivity contribution in [1.82, 2.24) is 0 Å². The highest BCUT2D eigenvalue weighted by atomic mass is 14.2. The van der Waals surface area contributed by atoms with Crippen LogP contribution < -0.4 is 0 Å². The summed E-state index contributed by atoms with van der Waals surface area (Å²) in [6.07, 6.45) is 23.8. The van der Waals surface area contributed by atoms with Gasteiger partial charge in [-0.25, -0.2) is 0 Å². The van der Waals surface area contributed by atoms with Gasteiger partial charge in [0.1, 0.15) is 0 Å². The highest BCUT2D eigenvalue weighted by molar-refractivity contribution is 5.37. The second-order valence-electron chi connectivity index (χ2n) is 5.69. The highest BCUT2D eigenvalue weighted by Crippen LogP contribution is 2.31. The van der Waals surface area contributed by atoms with E-state index in [2.05, 4.69) is 85.0 Å². The van der Waals surface area contributed by atoms with Crippen LogP contribution in [-0.2, 0) is 0 Å². The molecule has 0 aliphatic heterocycles. The molecule has 0 amide bonds. The van der Waals surface area contributed by atoms with Crippen LogP contribution in [0, 0.1) is 5.92 Å². The molecule has 0 aromatic heterocycles. The first-order valence-electron chi connectivity index (χ1n) is 7.86. The zero-order chi connectivity index (χ0) is 14.3. The van der Waals surface area contributed by atoms with Gasteiger partial charge in [-0.2, -0.15) is 0 Å². The zero-order valence-electron chi connectivity index (χ0n) is 12.4. The molecule has 0 N–H and O–H groups in total. The van der Waals surface area contributed by atoms with Crippen molar-refractivity contribution in [2.45, 2.75) is 25.2 Å². The molecule has 3 rings (SSSR count). The van der Waals surface area contributed by atoms with Crippen LogP contribution in [-0.4, -0.2) is 0 Å². The lowest BCUT2D eigenvalue weighted by Gasteiger charge is -2.20. The molecule has 0 bridgehead atoms. The molecule has 0 saturated carbocycles. The fourth-order valence-corrected chi connectivity index (χ4v) is 2.99.